The number of nitrogens with one attached hydrogen (secondary N) is 1. The molecule has 17 heavy (non-hydrogen) atoms. The highest BCUT2D eigenvalue weighted by Gasteiger charge is 2.14. The summed E-state index contributed by atoms with van der Waals surface area (Å²) in [5, 5.41) is 11.6. The average Bonchev–Trinajstić information content (AvgIpc) is 2.68. The molecular weight excluding hydrogens is 238 g/mol. The summed E-state index contributed by atoms with van der Waals surface area (Å²) < 4.78 is 0. The van der Waals surface area contributed by atoms with Gasteiger partial charge in [-0.25, -0.2) is 9.97 Å². The van der Waals surface area contributed by atoms with Crippen LogP contribution in [0.1, 0.15) is 26.8 Å². The zero-order chi connectivity index (χ0) is 12.4. The number of carbonyl (C=O) groups is 1. The summed E-state index contributed by atoms with van der Waals surface area (Å²) >= 11 is 1.32. The highest BCUT2D eigenvalue weighted by Crippen LogP contribution is 2.15. The van der Waals surface area contributed by atoms with E-state index in [4.69, 9.17) is 0 Å². The Hall–Kier alpha value is -1.89. The molecule has 6 nitrogen and oxygen atoms in total. The van der Waals surface area contributed by atoms with Gasteiger partial charge in [-0.05, 0) is 20.8 Å². The maximum Gasteiger partial charge on any atom is 0.276 e. The van der Waals surface area contributed by atoms with Crippen LogP contribution in [-0.2, 0) is 0 Å². The Labute approximate surface area is 102 Å². The standard InChI is InChI=1S/C10H11N5OS/c1-5-6(2)11-4-12-8(5)9(16)13-10-15-14-7(3)17-10/h4H,1-3H3,(H,13,15,16). The van der Waals surface area contributed by atoms with Crippen LogP contribution in [0, 0.1) is 20.8 Å². The van der Waals surface area contributed by atoms with Gasteiger partial charge >= 0.3 is 0 Å². The molecule has 2 aromatic heterocycles. The van der Waals surface area contributed by atoms with E-state index in [1.807, 2.05) is 20.8 Å². The van der Waals surface area contributed by atoms with Gasteiger partial charge in [0.05, 0.1) is 0 Å². The van der Waals surface area contributed by atoms with Crippen LogP contribution in [-0.4, -0.2) is 26.1 Å². The Morgan fingerprint density at radius 2 is 2.00 bits per heavy atom. The number of rotatable bonds is 2. The molecule has 7 heteroatoms. The van der Waals surface area contributed by atoms with Crippen molar-refractivity contribution in [3.8, 4) is 0 Å². The molecule has 0 aliphatic heterocycles. The number of aromatic nitrogens is 4. The molecule has 0 aromatic carbocycles. The number of nitrogens with zero attached hydrogens (tertiary/aromatic N) is 4. The second-order valence-corrected chi connectivity index (χ2v) is 4.69. The Balaban J connectivity index is 2.23. The van der Waals surface area contributed by atoms with Crippen LogP contribution in [0.4, 0.5) is 5.13 Å². The summed E-state index contributed by atoms with van der Waals surface area (Å²) in [6.07, 6.45) is 1.38. The van der Waals surface area contributed by atoms with Gasteiger partial charge in [-0.15, -0.1) is 10.2 Å². The lowest BCUT2D eigenvalue weighted by molar-refractivity contribution is 0.102. The Bertz CT molecular complexity index is 566. The zero-order valence-corrected chi connectivity index (χ0v) is 10.5. The summed E-state index contributed by atoms with van der Waals surface area (Å²) in [5.74, 6) is -0.288. The Kier molecular flexibility index (Phi) is 3.10. The van der Waals surface area contributed by atoms with Gasteiger partial charge in [-0.1, -0.05) is 11.3 Å². The van der Waals surface area contributed by atoms with Crippen LogP contribution in [0.15, 0.2) is 6.33 Å². The van der Waals surface area contributed by atoms with Crippen molar-refractivity contribution in [2.45, 2.75) is 20.8 Å². The number of anilines is 1. The average molecular weight is 249 g/mol. The van der Waals surface area contributed by atoms with E-state index in [1.165, 1.54) is 17.7 Å². The minimum absolute atomic E-state index is 0.288. The smallest absolute Gasteiger partial charge is 0.276 e. The van der Waals surface area contributed by atoms with Crippen molar-refractivity contribution in [1.82, 2.24) is 20.2 Å². The van der Waals surface area contributed by atoms with Crippen LogP contribution in [0.25, 0.3) is 0 Å². The molecule has 88 valence electrons. The fourth-order valence-corrected chi connectivity index (χ4v) is 1.86. The zero-order valence-electron chi connectivity index (χ0n) is 9.68. The van der Waals surface area contributed by atoms with Crippen LogP contribution in [0.5, 0.6) is 0 Å². The molecule has 0 bridgehead atoms. The predicted molar refractivity (Wildman–Crippen MR) is 64.1 cm³/mol. The van der Waals surface area contributed by atoms with E-state index in [1.54, 1.807) is 0 Å². The molecule has 0 atom stereocenters. The monoisotopic (exact) mass is 249 g/mol. The first-order valence-corrected chi connectivity index (χ1v) is 5.79. The van der Waals surface area contributed by atoms with Crippen LogP contribution in [0.2, 0.25) is 0 Å². The molecule has 0 unspecified atom stereocenters. The van der Waals surface area contributed by atoms with Crippen molar-refractivity contribution < 1.29 is 4.79 Å². The molecule has 2 aromatic rings. The van der Waals surface area contributed by atoms with E-state index in [0.717, 1.165) is 16.3 Å². The van der Waals surface area contributed by atoms with E-state index < -0.39 is 0 Å². The first-order chi connectivity index (χ1) is 8.08. The molecule has 2 heterocycles. The highest BCUT2D eigenvalue weighted by atomic mass is 32.1. The Morgan fingerprint density at radius 1 is 1.24 bits per heavy atom. The predicted octanol–water partition coefficient (Wildman–Crippen LogP) is 1.51. The summed E-state index contributed by atoms with van der Waals surface area (Å²) in [6.45, 7) is 5.48. The SMILES string of the molecule is Cc1nnc(NC(=O)c2ncnc(C)c2C)s1. The van der Waals surface area contributed by atoms with Gasteiger partial charge in [0.15, 0.2) is 0 Å². The third-order valence-electron chi connectivity index (χ3n) is 2.30. The quantitative estimate of drug-likeness (QED) is 0.872. The van der Waals surface area contributed by atoms with E-state index >= 15 is 0 Å². The van der Waals surface area contributed by atoms with Crippen LogP contribution >= 0.6 is 11.3 Å². The van der Waals surface area contributed by atoms with Gasteiger partial charge in [0.25, 0.3) is 5.91 Å². The minimum atomic E-state index is -0.288. The molecule has 0 aliphatic carbocycles. The molecule has 1 N–H and O–H groups in total. The van der Waals surface area contributed by atoms with Crippen molar-refractivity contribution in [3.05, 3.63) is 28.3 Å². The van der Waals surface area contributed by atoms with Gasteiger partial charge in [-0.2, -0.15) is 0 Å². The minimum Gasteiger partial charge on any atom is -0.295 e. The summed E-state index contributed by atoms with van der Waals surface area (Å²) in [5.41, 5.74) is 1.93. The normalized spacial score (nSPS) is 10.3. The van der Waals surface area contributed by atoms with Crippen molar-refractivity contribution >= 4 is 22.4 Å². The molecule has 0 aliphatic rings. The van der Waals surface area contributed by atoms with Crippen molar-refractivity contribution in [2.75, 3.05) is 5.32 Å². The molecule has 2 rings (SSSR count). The van der Waals surface area contributed by atoms with Crippen LogP contribution in [0.3, 0.4) is 0 Å². The molecule has 0 saturated carbocycles. The molecule has 0 spiro atoms. The first-order valence-electron chi connectivity index (χ1n) is 4.97. The molecule has 0 saturated heterocycles. The fourth-order valence-electron chi connectivity index (χ4n) is 1.27. The lowest BCUT2D eigenvalue weighted by atomic mass is 10.2. The number of aryl methyl sites for hydroxylation is 2. The van der Waals surface area contributed by atoms with Crippen molar-refractivity contribution in [3.63, 3.8) is 0 Å². The summed E-state index contributed by atoms with van der Waals surface area (Å²) in [4.78, 5) is 19.9. The number of carbonyl (C=O) groups excluding carboxylic acids is 1. The number of amides is 1. The third kappa shape index (κ3) is 2.44. The van der Waals surface area contributed by atoms with E-state index in [0.29, 0.717) is 10.8 Å². The fraction of sp³-hybridized carbons (Fsp3) is 0.300. The molecule has 0 fully saturated rings. The van der Waals surface area contributed by atoms with E-state index in [2.05, 4.69) is 25.5 Å². The third-order valence-corrected chi connectivity index (χ3v) is 3.05. The maximum absolute atomic E-state index is 11.9. The van der Waals surface area contributed by atoms with Gasteiger partial charge in [-0.3, -0.25) is 10.1 Å². The van der Waals surface area contributed by atoms with Crippen molar-refractivity contribution in [1.29, 1.82) is 0 Å². The van der Waals surface area contributed by atoms with E-state index in [-0.39, 0.29) is 5.91 Å². The highest BCUT2D eigenvalue weighted by molar-refractivity contribution is 7.15. The molecule has 1 amide bonds. The second kappa shape index (κ2) is 4.54. The topological polar surface area (TPSA) is 80.7 Å². The van der Waals surface area contributed by atoms with Crippen LogP contribution < -0.4 is 5.32 Å². The molecule has 0 radical (unpaired) electrons. The van der Waals surface area contributed by atoms with Gasteiger partial charge < -0.3 is 0 Å². The largest absolute Gasteiger partial charge is 0.295 e. The summed E-state index contributed by atoms with van der Waals surface area (Å²) in [6, 6.07) is 0. The first kappa shape index (κ1) is 11.6. The maximum atomic E-state index is 11.9. The summed E-state index contributed by atoms with van der Waals surface area (Å²) in [7, 11) is 0. The van der Waals surface area contributed by atoms with Gasteiger partial charge in [0.1, 0.15) is 17.0 Å². The Morgan fingerprint density at radius 3 is 2.65 bits per heavy atom. The number of hydrogen-bond acceptors (Lipinski definition) is 6. The second-order valence-electron chi connectivity index (χ2n) is 3.51. The lowest BCUT2D eigenvalue weighted by Crippen LogP contribution is -2.16. The lowest BCUT2D eigenvalue weighted by Gasteiger charge is -2.05. The van der Waals surface area contributed by atoms with E-state index in [9.17, 15) is 4.79 Å². The molecular formula is C10H11N5OS. The van der Waals surface area contributed by atoms with Gasteiger partial charge in [0.2, 0.25) is 5.13 Å². The number of hydrogen-bond donors (Lipinski definition) is 1. The van der Waals surface area contributed by atoms with Gasteiger partial charge in [0, 0.05) is 11.3 Å². The van der Waals surface area contributed by atoms with Crippen molar-refractivity contribution in [2.24, 2.45) is 0 Å².